The van der Waals surface area contributed by atoms with E-state index < -0.39 is 0 Å². The van der Waals surface area contributed by atoms with E-state index in [1.54, 1.807) is 0 Å². The number of nitrogens with zero attached hydrogens (tertiary/aromatic N) is 6. The molecule has 2 aromatic heterocycles. The summed E-state index contributed by atoms with van der Waals surface area (Å²) in [6.45, 7) is 11.7. The van der Waals surface area contributed by atoms with Gasteiger partial charge in [-0.25, -0.2) is 0 Å². The molecular weight excluding hydrogens is 381 g/mol. The summed E-state index contributed by atoms with van der Waals surface area (Å²) in [6.07, 6.45) is 0. The molecule has 0 atom stereocenters. The molecule has 1 aliphatic rings. The first kappa shape index (κ1) is 22.8. The maximum absolute atomic E-state index is 5.48. The summed E-state index contributed by atoms with van der Waals surface area (Å²) >= 11 is 0. The molecule has 0 bridgehead atoms. The minimum absolute atomic E-state index is 0. The van der Waals surface area contributed by atoms with Crippen molar-refractivity contribution in [1.82, 2.24) is 30.1 Å². The minimum Gasteiger partial charge on any atom is -0.339 e. The average molecular weight is 408 g/mol. The Morgan fingerprint density at radius 1 is 0.885 bits per heavy atom. The fraction of sp³-hybridized carbons (Fsp3) is 0.733. The van der Waals surface area contributed by atoms with Gasteiger partial charge in [-0.3, -0.25) is 9.80 Å². The number of hydrogen-bond donors (Lipinski definition) is 1. The lowest BCUT2D eigenvalue weighted by Gasteiger charge is -2.33. The third-order valence-corrected chi connectivity index (χ3v) is 3.99. The van der Waals surface area contributed by atoms with Crippen molar-refractivity contribution in [2.45, 2.75) is 45.8 Å². The highest BCUT2D eigenvalue weighted by Crippen LogP contribution is 2.20. The number of halogens is 2. The monoisotopic (exact) mass is 407 g/mol. The molecule has 3 heterocycles. The molecule has 2 aromatic rings. The highest BCUT2D eigenvalue weighted by atomic mass is 35.5. The van der Waals surface area contributed by atoms with Gasteiger partial charge in [0.1, 0.15) is 0 Å². The van der Waals surface area contributed by atoms with Crippen LogP contribution in [-0.4, -0.2) is 56.3 Å². The van der Waals surface area contributed by atoms with Gasteiger partial charge in [0.2, 0.25) is 11.8 Å². The fourth-order valence-corrected chi connectivity index (χ4v) is 2.57. The molecule has 0 amide bonds. The van der Waals surface area contributed by atoms with E-state index in [2.05, 4.69) is 50.9 Å². The second-order valence-corrected chi connectivity index (χ2v) is 7.13. The van der Waals surface area contributed by atoms with Crippen molar-refractivity contribution in [1.29, 1.82) is 0 Å². The van der Waals surface area contributed by atoms with E-state index in [1.165, 1.54) is 0 Å². The van der Waals surface area contributed by atoms with Crippen LogP contribution in [0.25, 0.3) is 0 Å². The van der Waals surface area contributed by atoms with E-state index in [-0.39, 0.29) is 36.8 Å². The summed E-state index contributed by atoms with van der Waals surface area (Å²) in [5.74, 6) is 2.61. The molecule has 1 aliphatic heterocycles. The molecule has 9 nitrogen and oxygen atoms in total. The summed E-state index contributed by atoms with van der Waals surface area (Å²) in [5, 5.41) is 8.03. The summed E-state index contributed by atoms with van der Waals surface area (Å²) in [6, 6.07) is 0. The molecular formula is C15H27Cl2N7O2. The van der Waals surface area contributed by atoms with Gasteiger partial charge < -0.3 is 14.8 Å². The van der Waals surface area contributed by atoms with E-state index >= 15 is 0 Å². The maximum Gasteiger partial charge on any atom is 0.240 e. The second-order valence-electron chi connectivity index (χ2n) is 7.13. The largest absolute Gasteiger partial charge is 0.339 e. The molecule has 3 rings (SSSR count). The normalized spacial score (nSPS) is 16.2. The third-order valence-electron chi connectivity index (χ3n) is 3.99. The molecule has 11 heteroatoms. The van der Waals surface area contributed by atoms with Crippen molar-refractivity contribution in [2.75, 3.05) is 26.2 Å². The Balaban J connectivity index is 0.00000169. The summed E-state index contributed by atoms with van der Waals surface area (Å²) in [4.78, 5) is 13.4. The first-order valence-electron chi connectivity index (χ1n) is 8.23. The predicted molar refractivity (Wildman–Crippen MR) is 100 cm³/mol. The Labute approximate surface area is 165 Å². The molecule has 26 heavy (non-hydrogen) atoms. The van der Waals surface area contributed by atoms with Gasteiger partial charge >= 0.3 is 0 Å². The lowest BCUT2D eigenvalue weighted by molar-refractivity contribution is 0.116. The Hall–Kier alpha value is -1.26. The Kier molecular flexibility index (Phi) is 8.42. The Bertz CT molecular complexity index is 663. The molecule has 0 radical (unpaired) electrons. The first-order chi connectivity index (χ1) is 11.4. The molecule has 0 spiro atoms. The number of piperazine rings is 1. The van der Waals surface area contributed by atoms with Crippen molar-refractivity contribution in [2.24, 2.45) is 5.73 Å². The van der Waals surface area contributed by atoms with Crippen LogP contribution in [0.4, 0.5) is 0 Å². The van der Waals surface area contributed by atoms with Crippen molar-refractivity contribution in [3.05, 3.63) is 23.4 Å². The smallest absolute Gasteiger partial charge is 0.240 e. The second kappa shape index (κ2) is 9.61. The highest BCUT2D eigenvalue weighted by Gasteiger charge is 2.24. The van der Waals surface area contributed by atoms with E-state index in [9.17, 15) is 0 Å². The molecule has 2 N–H and O–H groups in total. The summed E-state index contributed by atoms with van der Waals surface area (Å²) in [5.41, 5.74) is 5.37. The van der Waals surface area contributed by atoms with Gasteiger partial charge in [0.05, 0.1) is 19.6 Å². The zero-order valence-electron chi connectivity index (χ0n) is 15.3. The molecule has 1 fully saturated rings. The van der Waals surface area contributed by atoms with Crippen LogP contribution in [0.3, 0.4) is 0 Å². The van der Waals surface area contributed by atoms with Crippen LogP contribution in [0.15, 0.2) is 9.05 Å². The van der Waals surface area contributed by atoms with Gasteiger partial charge in [0.15, 0.2) is 11.6 Å². The highest BCUT2D eigenvalue weighted by molar-refractivity contribution is 5.85. The molecule has 0 unspecified atom stereocenters. The van der Waals surface area contributed by atoms with Gasteiger partial charge in [-0.05, 0) is 0 Å². The number of hydrogen-bond acceptors (Lipinski definition) is 9. The maximum atomic E-state index is 5.48. The van der Waals surface area contributed by atoms with Gasteiger partial charge in [-0.1, -0.05) is 31.1 Å². The lowest BCUT2D eigenvalue weighted by atomic mass is 9.97. The van der Waals surface area contributed by atoms with Crippen LogP contribution in [0.2, 0.25) is 0 Å². The first-order valence-corrected chi connectivity index (χ1v) is 8.23. The van der Waals surface area contributed by atoms with Gasteiger partial charge in [-0.2, -0.15) is 9.97 Å². The zero-order valence-corrected chi connectivity index (χ0v) is 17.0. The molecule has 0 aliphatic carbocycles. The van der Waals surface area contributed by atoms with Crippen LogP contribution in [0, 0.1) is 0 Å². The molecule has 0 saturated carbocycles. The van der Waals surface area contributed by atoms with Gasteiger partial charge in [0, 0.05) is 31.6 Å². The van der Waals surface area contributed by atoms with Crippen LogP contribution in [0.1, 0.15) is 44.2 Å². The molecule has 0 aromatic carbocycles. The van der Waals surface area contributed by atoms with E-state index in [0.29, 0.717) is 30.7 Å². The SMILES string of the molecule is CC(C)(C)c1nc(CN2CCN(Cc3noc(CN)n3)CC2)no1.Cl.Cl. The number of rotatable bonds is 5. The summed E-state index contributed by atoms with van der Waals surface area (Å²) in [7, 11) is 0. The Morgan fingerprint density at radius 3 is 1.81 bits per heavy atom. The van der Waals surface area contributed by atoms with E-state index in [1.807, 2.05) is 0 Å². The van der Waals surface area contributed by atoms with Crippen LogP contribution < -0.4 is 5.73 Å². The van der Waals surface area contributed by atoms with Crippen LogP contribution >= 0.6 is 24.8 Å². The van der Waals surface area contributed by atoms with Crippen molar-refractivity contribution < 1.29 is 9.05 Å². The predicted octanol–water partition coefficient (Wildman–Crippen LogP) is 1.37. The van der Waals surface area contributed by atoms with Crippen LogP contribution in [-0.2, 0) is 25.0 Å². The van der Waals surface area contributed by atoms with Crippen molar-refractivity contribution >= 4 is 24.8 Å². The van der Waals surface area contributed by atoms with E-state index in [4.69, 9.17) is 14.8 Å². The standard InChI is InChI=1S/C15H25N7O2.2ClH/c1-15(2,3)14-18-12(20-24-14)10-22-6-4-21(5-7-22)9-11-17-13(8-16)23-19-11;;/h4-10,16H2,1-3H3;2*1H. The van der Waals surface area contributed by atoms with Gasteiger partial charge in [-0.15, -0.1) is 24.8 Å². The quantitative estimate of drug-likeness (QED) is 0.784. The third kappa shape index (κ3) is 5.88. The van der Waals surface area contributed by atoms with Crippen molar-refractivity contribution in [3.8, 4) is 0 Å². The zero-order chi connectivity index (χ0) is 17.2. The average Bonchev–Trinajstić information content (AvgIpc) is 3.18. The van der Waals surface area contributed by atoms with Crippen LogP contribution in [0.5, 0.6) is 0 Å². The molecule has 148 valence electrons. The lowest BCUT2D eigenvalue weighted by Crippen LogP contribution is -2.45. The van der Waals surface area contributed by atoms with Gasteiger partial charge in [0.25, 0.3) is 0 Å². The number of aromatic nitrogens is 4. The fourth-order valence-electron chi connectivity index (χ4n) is 2.57. The Morgan fingerprint density at radius 2 is 1.38 bits per heavy atom. The van der Waals surface area contributed by atoms with Crippen molar-refractivity contribution in [3.63, 3.8) is 0 Å². The van der Waals surface area contributed by atoms with E-state index in [0.717, 1.165) is 32.0 Å². The topological polar surface area (TPSA) is 110 Å². The number of nitrogens with two attached hydrogens (primary N) is 1. The minimum atomic E-state index is -0.114. The summed E-state index contributed by atoms with van der Waals surface area (Å²) < 4.78 is 10.4. The molecule has 1 saturated heterocycles.